The minimum absolute atomic E-state index is 0.113. The third-order valence-corrected chi connectivity index (χ3v) is 8.25. The summed E-state index contributed by atoms with van der Waals surface area (Å²) in [4.78, 5) is 28.2. The number of likely N-dealkylation sites (tertiary alicyclic amines) is 1. The zero-order valence-corrected chi connectivity index (χ0v) is 21.4. The molecule has 1 fully saturated rings. The van der Waals surface area contributed by atoms with Gasteiger partial charge in [0.15, 0.2) is 12.2 Å². The second-order valence-electron chi connectivity index (χ2n) is 8.79. The fourth-order valence-electron chi connectivity index (χ4n) is 4.50. The zero-order chi connectivity index (χ0) is 24.9. The van der Waals surface area contributed by atoms with Crippen molar-refractivity contribution in [2.45, 2.75) is 49.2 Å². The number of hydrogen-bond donors (Lipinski definition) is 3. The maximum atomic E-state index is 12.9. The Morgan fingerprint density at radius 1 is 1.11 bits per heavy atom. The number of halogens is 2. The van der Waals surface area contributed by atoms with Gasteiger partial charge in [-0.1, -0.05) is 59.6 Å². The largest absolute Gasteiger partial charge is 0.380 e. The van der Waals surface area contributed by atoms with Crippen molar-refractivity contribution < 1.29 is 19.8 Å². The fourth-order valence-corrected chi connectivity index (χ4v) is 6.12. The number of aliphatic hydroxyl groups excluding tert-OH is 2. The summed E-state index contributed by atoms with van der Waals surface area (Å²) in [5, 5.41) is 25.0. The van der Waals surface area contributed by atoms with E-state index in [-0.39, 0.29) is 11.3 Å². The summed E-state index contributed by atoms with van der Waals surface area (Å²) in [5.74, 6) is -1.42. The normalized spacial score (nSPS) is 21.5. The molecule has 0 radical (unpaired) electrons. The third-order valence-electron chi connectivity index (χ3n) is 6.34. The minimum Gasteiger partial charge on any atom is -0.380 e. The van der Waals surface area contributed by atoms with Crippen LogP contribution >= 0.6 is 35.0 Å². The number of amides is 2. The molecule has 0 aliphatic carbocycles. The summed E-state index contributed by atoms with van der Waals surface area (Å²) >= 11 is 14.0. The van der Waals surface area contributed by atoms with E-state index < -0.39 is 24.0 Å². The van der Waals surface area contributed by atoms with E-state index in [1.807, 2.05) is 36.4 Å². The summed E-state index contributed by atoms with van der Waals surface area (Å²) in [6, 6.07) is 14.7. The number of benzene rings is 2. The number of nitrogens with one attached hydrogen (secondary N) is 1. The topological polar surface area (TPSA) is 89.9 Å². The van der Waals surface area contributed by atoms with Crippen LogP contribution in [0.1, 0.15) is 36.4 Å². The molecule has 4 rings (SSSR count). The lowest BCUT2D eigenvalue weighted by molar-refractivity contribution is -0.153. The minimum atomic E-state index is -1.84. The van der Waals surface area contributed by atoms with Crippen LogP contribution in [0.3, 0.4) is 0 Å². The van der Waals surface area contributed by atoms with Crippen LogP contribution in [-0.2, 0) is 16.0 Å². The standard InChI is InChI=1S/C26H28Cl2N2O4S/c27-18-7-3-6-17(13-18)22-9-4-12-30(22)26(34)24(32)23(31)25(33)29-15-20-11-10-19(35-20)14-16-5-1-2-8-21(16)28/h1-3,5-8,10,13,20,22-24,31-32H,4,9,11-12,14-15H2,(H,29,33)/t20?,22-,23-,24-/m1/s1. The Hall–Kier alpha value is -2.03. The van der Waals surface area contributed by atoms with Gasteiger partial charge in [-0.25, -0.2) is 0 Å². The van der Waals surface area contributed by atoms with Gasteiger partial charge in [0, 0.05) is 34.8 Å². The molecule has 0 spiro atoms. The molecule has 6 nitrogen and oxygen atoms in total. The number of carbonyl (C=O) groups is 2. The zero-order valence-electron chi connectivity index (χ0n) is 19.1. The Balaban J connectivity index is 1.27. The molecule has 186 valence electrons. The third kappa shape index (κ3) is 6.40. The smallest absolute Gasteiger partial charge is 0.255 e. The van der Waals surface area contributed by atoms with Gasteiger partial charge in [0.05, 0.1) is 6.04 Å². The Morgan fingerprint density at radius 2 is 1.91 bits per heavy atom. The van der Waals surface area contributed by atoms with Crippen LogP contribution in [0.2, 0.25) is 10.0 Å². The predicted octanol–water partition coefficient (Wildman–Crippen LogP) is 4.13. The maximum absolute atomic E-state index is 12.9. The molecule has 2 aliphatic heterocycles. The first-order valence-corrected chi connectivity index (χ1v) is 13.3. The average molecular weight is 535 g/mol. The highest BCUT2D eigenvalue weighted by atomic mass is 35.5. The van der Waals surface area contributed by atoms with Gasteiger partial charge in [0.2, 0.25) is 0 Å². The van der Waals surface area contributed by atoms with Crippen molar-refractivity contribution in [2.24, 2.45) is 0 Å². The van der Waals surface area contributed by atoms with Crippen LogP contribution in [-0.4, -0.2) is 57.5 Å². The summed E-state index contributed by atoms with van der Waals surface area (Å²) in [7, 11) is 0. The van der Waals surface area contributed by atoms with Crippen molar-refractivity contribution in [3.63, 3.8) is 0 Å². The number of nitrogens with zero attached hydrogens (tertiary/aromatic N) is 1. The average Bonchev–Trinajstić information content (AvgIpc) is 3.52. The summed E-state index contributed by atoms with van der Waals surface area (Å²) in [6.45, 7) is 0.763. The summed E-state index contributed by atoms with van der Waals surface area (Å²) < 4.78 is 0. The molecular weight excluding hydrogens is 507 g/mol. The van der Waals surface area contributed by atoms with E-state index >= 15 is 0 Å². The lowest BCUT2D eigenvalue weighted by Gasteiger charge is -2.28. The molecule has 2 aromatic carbocycles. The van der Waals surface area contributed by atoms with E-state index in [9.17, 15) is 19.8 Å². The van der Waals surface area contributed by atoms with Crippen molar-refractivity contribution in [3.05, 3.63) is 80.7 Å². The predicted molar refractivity (Wildman–Crippen MR) is 139 cm³/mol. The van der Waals surface area contributed by atoms with Crippen molar-refractivity contribution in [2.75, 3.05) is 13.1 Å². The molecule has 1 unspecified atom stereocenters. The molecule has 2 amide bonds. The maximum Gasteiger partial charge on any atom is 0.255 e. The fraction of sp³-hybridized carbons (Fsp3) is 0.385. The molecule has 0 saturated carbocycles. The van der Waals surface area contributed by atoms with Gasteiger partial charge in [-0.05, 0) is 53.5 Å². The van der Waals surface area contributed by atoms with Crippen molar-refractivity contribution >= 4 is 46.8 Å². The molecule has 0 bridgehead atoms. The second kappa shape index (κ2) is 11.8. The highest BCUT2D eigenvalue weighted by Gasteiger charge is 2.38. The molecule has 35 heavy (non-hydrogen) atoms. The number of hydrogen-bond acceptors (Lipinski definition) is 5. The van der Waals surface area contributed by atoms with Gasteiger partial charge >= 0.3 is 0 Å². The molecule has 4 atom stereocenters. The lowest BCUT2D eigenvalue weighted by atomic mass is 10.0. The van der Waals surface area contributed by atoms with Gasteiger partial charge in [-0.15, -0.1) is 11.8 Å². The molecule has 2 aromatic rings. The molecule has 0 aromatic heterocycles. The Kier molecular flexibility index (Phi) is 8.78. The number of aliphatic hydroxyl groups is 2. The van der Waals surface area contributed by atoms with Crippen LogP contribution in [0.4, 0.5) is 0 Å². The van der Waals surface area contributed by atoms with Gasteiger partial charge in [-0.2, -0.15) is 0 Å². The van der Waals surface area contributed by atoms with E-state index in [4.69, 9.17) is 23.2 Å². The van der Waals surface area contributed by atoms with Crippen LogP contribution in [0.15, 0.2) is 59.5 Å². The SMILES string of the molecule is O=C(NCC1CC=C(Cc2ccccc2Cl)S1)[C@H](O)[C@@H](O)C(=O)N1CCC[C@@H]1c1cccc(Cl)c1. The van der Waals surface area contributed by atoms with E-state index in [2.05, 4.69) is 11.4 Å². The van der Waals surface area contributed by atoms with Gasteiger partial charge in [-0.3, -0.25) is 9.59 Å². The van der Waals surface area contributed by atoms with Crippen LogP contribution in [0.25, 0.3) is 0 Å². The van der Waals surface area contributed by atoms with Crippen molar-refractivity contribution in [3.8, 4) is 0 Å². The number of carbonyl (C=O) groups excluding carboxylic acids is 2. The second-order valence-corrected chi connectivity index (χ2v) is 11.1. The van der Waals surface area contributed by atoms with Gasteiger partial charge < -0.3 is 20.4 Å². The van der Waals surface area contributed by atoms with E-state index in [1.54, 1.807) is 23.9 Å². The molecular formula is C26H28Cl2N2O4S. The highest BCUT2D eigenvalue weighted by molar-refractivity contribution is 8.03. The lowest BCUT2D eigenvalue weighted by Crippen LogP contribution is -2.51. The van der Waals surface area contributed by atoms with Crippen molar-refractivity contribution in [1.82, 2.24) is 10.2 Å². The van der Waals surface area contributed by atoms with Gasteiger partial charge in [0.1, 0.15) is 0 Å². The summed E-state index contributed by atoms with van der Waals surface area (Å²) in [5.41, 5.74) is 1.92. The molecule has 2 aliphatic rings. The molecule has 1 saturated heterocycles. The first-order chi connectivity index (χ1) is 16.8. The molecule has 2 heterocycles. The van der Waals surface area contributed by atoms with E-state index in [0.717, 1.165) is 41.8 Å². The van der Waals surface area contributed by atoms with Crippen LogP contribution in [0.5, 0.6) is 0 Å². The van der Waals surface area contributed by atoms with Crippen LogP contribution < -0.4 is 5.32 Å². The molecule has 3 N–H and O–H groups in total. The first kappa shape index (κ1) is 26.0. The quantitative estimate of drug-likeness (QED) is 0.473. The monoisotopic (exact) mass is 534 g/mol. The van der Waals surface area contributed by atoms with E-state index in [0.29, 0.717) is 18.1 Å². The number of allylic oxidation sites excluding steroid dienone is 2. The Morgan fingerprint density at radius 3 is 2.69 bits per heavy atom. The Labute approximate surface area is 219 Å². The number of rotatable bonds is 8. The molecule has 9 heteroatoms. The van der Waals surface area contributed by atoms with Crippen molar-refractivity contribution in [1.29, 1.82) is 0 Å². The first-order valence-electron chi connectivity index (χ1n) is 11.6. The summed E-state index contributed by atoms with van der Waals surface area (Å²) in [6.07, 6.45) is 1.45. The van der Waals surface area contributed by atoms with E-state index in [1.165, 1.54) is 9.81 Å². The Bertz CT molecular complexity index is 1110. The van der Waals surface area contributed by atoms with Crippen LogP contribution in [0, 0.1) is 0 Å². The number of thioether (sulfide) groups is 1. The van der Waals surface area contributed by atoms with Gasteiger partial charge in [0.25, 0.3) is 11.8 Å². The highest BCUT2D eigenvalue weighted by Crippen LogP contribution is 2.36.